The average Bonchev–Trinajstić information content (AvgIpc) is 3.01. The van der Waals surface area contributed by atoms with Crippen molar-refractivity contribution in [2.75, 3.05) is 31.6 Å². The van der Waals surface area contributed by atoms with E-state index in [2.05, 4.69) is 22.9 Å². The first-order chi connectivity index (χ1) is 11.1. The fraction of sp³-hybridized carbons (Fsp3) is 0.333. The molecule has 0 bridgehead atoms. The maximum absolute atomic E-state index is 12.8. The van der Waals surface area contributed by atoms with Gasteiger partial charge in [0.1, 0.15) is 0 Å². The Hall–Kier alpha value is -1.85. The molecule has 2 aromatic carbocycles. The van der Waals surface area contributed by atoms with Gasteiger partial charge in [0.25, 0.3) is 0 Å². The fourth-order valence-corrected chi connectivity index (χ4v) is 6.01. The zero-order valence-electron chi connectivity index (χ0n) is 12.9. The van der Waals surface area contributed by atoms with Crippen LogP contribution in [0.25, 0.3) is 11.1 Å². The minimum atomic E-state index is -3.38. The first kappa shape index (κ1) is 13.6. The zero-order valence-corrected chi connectivity index (χ0v) is 13.8. The van der Waals surface area contributed by atoms with Crippen molar-refractivity contribution in [3.63, 3.8) is 0 Å². The third kappa shape index (κ3) is 1.72. The Morgan fingerprint density at radius 2 is 1.74 bits per heavy atom. The molecule has 118 valence electrons. The summed E-state index contributed by atoms with van der Waals surface area (Å²) in [5, 5.41) is 0. The average molecular weight is 326 g/mol. The van der Waals surface area contributed by atoms with Gasteiger partial charge in [-0.1, -0.05) is 24.3 Å². The standard InChI is InChI=1S/C18H18N2O2S/c1-19-9-12-10-20(11-16(12)19)13-6-7-15-14-4-2-3-5-17(14)23(21,22)18(15)8-13/h2-8,12,16H,9-11H2,1H3/t12-,16+/m0/s1. The van der Waals surface area contributed by atoms with Crippen LogP contribution in [0.15, 0.2) is 52.3 Å². The zero-order chi connectivity index (χ0) is 15.8. The largest absolute Gasteiger partial charge is 0.370 e. The topological polar surface area (TPSA) is 40.6 Å². The van der Waals surface area contributed by atoms with Gasteiger partial charge < -0.3 is 9.80 Å². The second-order valence-corrected chi connectivity index (χ2v) is 8.74. The van der Waals surface area contributed by atoms with Crippen molar-refractivity contribution in [3.8, 4) is 11.1 Å². The first-order valence-corrected chi connectivity index (χ1v) is 9.48. The Bertz CT molecular complexity index is 922. The molecular formula is C18H18N2O2S. The number of hydrogen-bond donors (Lipinski definition) is 0. The van der Waals surface area contributed by atoms with E-state index in [4.69, 9.17) is 0 Å². The molecule has 0 saturated carbocycles. The van der Waals surface area contributed by atoms with E-state index in [9.17, 15) is 8.42 Å². The van der Waals surface area contributed by atoms with Gasteiger partial charge in [0, 0.05) is 48.4 Å². The molecule has 2 atom stereocenters. The van der Waals surface area contributed by atoms with Gasteiger partial charge >= 0.3 is 0 Å². The molecule has 2 fully saturated rings. The van der Waals surface area contributed by atoms with Gasteiger partial charge in [0.15, 0.2) is 0 Å². The van der Waals surface area contributed by atoms with Crippen LogP contribution in [0.2, 0.25) is 0 Å². The lowest BCUT2D eigenvalue weighted by atomic mass is 9.93. The van der Waals surface area contributed by atoms with Crippen molar-refractivity contribution < 1.29 is 8.42 Å². The molecule has 3 aliphatic rings. The Morgan fingerprint density at radius 3 is 2.52 bits per heavy atom. The molecule has 2 aromatic rings. The highest BCUT2D eigenvalue weighted by Gasteiger charge is 2.44. The molecule has 0 aromatic heterocycles. The maximum Gasteiger partial charge on any atom is 0.207 e. The highest BCUT2D eigenvalue weighted by atomic mass is 32.2. The van der Waals surface area contributed by atoms with Crippen LogP contribution in [0.5, 0.6) is 0 Å². The molecular weight excluding hydrogens is 308 g/mol. The van der Waals surface area contributed by atoms with E-state index in [1.165, 1.54) is 0 Å². The first-order valence-electron chi connectivity index (χ1n) is 7.99. The summed E-state index contributed by atoms with van der Waals surface area (Å²) >= 11 is 0. The lowest BCUT2D eigenvalue weighted by Gasteiger charge is -2.40. The van der Waals surface area contributed by atoms with Gasteiger partial charge in [0.2, 0.25) is 9.84 Å². The second-order valence-electron chi connectivity index (χ2n) is 6.85. The Morgan fingerprint density at radius 1 is 0.957 bits per heavy atom. The third-order valence-corrected chi connectivity index (χ3v) is 7.43. The molecule has 0 spiro atoms. The fourth-order valence-electron chi connectivity index (χ4n) is 4.31. The number of likely N-dealkylation sites (N-methyl/N-ethyl adjacent to an activating group) is 1. The molecule has 4 nitrogen and oxygen atoms in total. The number of rotatable bonds is 1. The number of nitrogens with zero attached hydrogens (tertiary/aromatic N) is 2. The minimum absolute atomic E-state index is 0.438. The van der Waals surface area contributed by atoms with Crippen LogP contribution in [0.4, 0.5) is 5.69 Å². The number of hydrogen-bond acceptors (Lipinski definition) is 4. The molecule has 3 aliphatic heterocycles. The van der Waals surface area contributed by atoms with E-state index in [-0.39, 0.29) is 0 Å². The Balaban J connectivity index is 1.59. The molecule has 0 N–H and O–H groups in total. The third-order valence-electron chi connectivity index (χ3n) is 5.58. The lowest BCUT2D eigenvalue weighted by molar-refractivity contribution is 0.0827. The Labute approximate surface area is 136 Å². The SMILES string of the molecule is CN1C[C@H]2CN(c3ccc4c(c3)S(=O)(=O)c3ccccc3-4)C[C@H]21. The van der Waals surface area contributed by atoms with Crippen LogP contribution in [-0.4, -0.2) is 46.0 Å². The van der Waals surface area contributed by atoms with Crippen molar-refractivity contribution in [2.45, 2.75) is 15.8 Å². The van der Waals surface area contributed by atoms with Gasteiger partial charge in [0.05, 0.1) is 9.79 Å². The summed E-state index contributed by atoms with van der Waals surface area (Å²) in [4.78, 5) is 5.61. The molecule has 2 saturated heterocycles. The van der Waals surface area contributed by atoms with Gasteiger partial charge in [-0.2, -0.15) is 0 Å². The molecule has 0 aliphatic carbocycles. The van der Waals surface area contributed by atoms with Crippen LogP contribution in [-0.2, 0) is 9.84 Å². The van der Waals surface area contributed by atoms with Crippen molar-refractivity contribution in [1.29, 1.82) is 0 Å². The molecule has 5 rings (SSSR count). The van der Waals surface area contributed by atoms with E-state index < -0.39 is 9.84 Å². The van der Waals surface area contributed by atoms with Gasteiger partial charge in [-0.15, -0.1) is 0 Å². The molecule has 0 amide bonds. The monoisotopic (exact) mass is 326 g/mol. The van der Waals surface area contributed by atoms with Crippen LogP contribution in [0.1, 0.15) is 0 Å². The van der Waals surface area contributed by atoms with Crippen molar-refractivity contribution in [2.24, 2.45) is 5.92 Å². The van der Waals surface area contributed by atoms with Gasteiger partial charge in [-0.25, -0.2) is 8.42 Å². The van der Waals surface area contributed by atoms with Crippen LogP contribution in [0.3, 0.4) is 0 Å². The van der Waals surface area contributed by atoms with Crippen molar-refractivity contribution in [1.82, 2.24) is 4.90 Å². The van der Waals surface area contributed by atoms with Crippen molar-refractivity contribution >= 4 is 15.5 Å². The number of likely N-dealkylation sites (tertiary alicyclic amines) is 1. The smallest absolute Gasteiger partial charge is 0.207 e. The molecule has 23 heavy (non-hydrogen) atoms. The van der Waals surface area contributed by atoms with Crippen molar-refractivity contribution in [3.05, 3.63) is 42.5 Å². The predicted molar refractivity (Wildman–Crippen MR) is 89.5 cm³/mol. The van der Waals surface area contributed by atoms with E-state index in [1.54, 1.807) is 12.1 Å². The predicted octanol–water partition coefficient (Wildman–Crippen LogP) is 2.25. The quantitative estimate of drug-likeness (QED) is 0.688. The molecule has 0 unspecified atom stereocenters. The van der Waals surface area contributed by atoms with E-state index in [0.717, 1.165) is 42.4 Å². The summed E-state index contributed by atoms with van der Waals surface area (Å²) < 4.78 is 25.6. The normalized spacial score (nSPS) is 27.3. The van der Waals surface area contributed by atoms with E-state index >= 15 is 0 Å². The summed E-state index contributed by atoms with van der Waals surface area (Å²) in [6, 6.07) is 13.8. The summed E-state index contributed by atoms with van der Waals surface area (Å²) in [7, 11) is -1.22. The van der Waals surface area contributed by atoms with Crippen LogP contribution >= 0.6 is 0 Å². The number of fused-ring (bicyclic) bond motifs is 4. The highest BCUT2D eigenvalue weighted by Crippen LogP contribution is 2.45. The number of anilines is 1. The number of sulfone groups is 1. The van der Waals surface area contributed by atoms with E-state index in [1.807, 2.05) is 24.3 Å². The van der Waals surface area contributed by atoms with Gasteiger partial charge in [-0.05, 0) is 25.2 Å². The summed E-state index contributed by atoms with van der Waals surface area (Å²) in [6.07, 6.45) is 0. The van der Waals surface area contributed by atoms with E-state index in [0.29, 0.717) is 15.8 Å². The lowest BCUT2D eigenvalue weighted by Crippen LogP contribution is -2.52. The second kappa shape index (κ2) is 4.36. The number of benzene rings is 2. The summed E-state index contributed by atoms with van der Waals surface area (Å²) in [5.74, 6) is 0.724. The molecule has 3 heterocycles. The van der Waals surface area contributed by atoms with Gasteiger partial charge in [-0.3, -0.25) is 0 Å². The van der Waals surface area contributed by atoms with Crippen LogP contribution in [0, 0.1) is 5.92 Å². The summed E-state index contributed by atoms with van der Waals surface area (Å²) in [5.41, 5.74) is 2.70. The maximum atomic E-state index is 12.8. The van der Waals surface area contributed by atoms with Crippen LogP contribution < -0.4 is 4.90 Å². The Kier molecular flexibility index (Phi) is 2.58. The molecule has 0 radical (unpaired) electrons. The molecule has 5 heteroatoms. The minimum Gasteiger partial charge on any atom is -0.370 e. The summed E-state index contributed by atoms with van der Waals surface area (Å²) in [6.45, 7) is 3.17. The highest BCUT2D eigenvalue weighted by molar-refractivity contribution is 7.92.